The Bertz CT molecular complexity index is 599. The van der Waals surface area contributed by atoms with Crippen LogP contribution in [0.3, 0.4) is 0 Å². The van der Waals surface area contributed by atoms with Crippen LogP contribution in [-0.4, -0.2) is 13.0 Å². The number of hydrogen-bond donors (Lipinski definition) is 1. The van der Waals surface area contributed by atoms with E-state index >= 15 is 0 Å². The third-order valence-corrected chi connectivity index (χ3v) is 3.73. The summed E-state index contributed by atoms with van der Waals surface area (Å²) in [5.41, 5.74) is 1.25. The van der Waals surface area contributed by atoms with E-state index in [1.54, 1.807) is 25.3 Å². The summed E-state index contributed by atoms with van der Waals surface area (Å²) in [6.07, 6.45) is 0. The van der Waals surface area contributed by atoms with Gasteiger partial charge >= 0.3 is 0 Å². The van der Waals surface area contributed by atoms with E-state index in [4.69, 9.17) is 4.74 Å². The van der Waals surface area contributed by atoms with Crippen molar-refractivity contribution < 1.29 is 9.53 Å². The molecule has 1 amide bonds. The number of halogens is 2. The van der Waals surface area contributed by atoms with Crippen LogP contribution in [0.15, 0.2) is 46.9 Å². The number of ether oxygens (including phenoxy) is 1. The Hall–Kier alpha value is -1.08. The largest absolute Gasteiger partial charge is 0.495 e. The summed E-state index contributed by atoms with van der Waals surface area (Å²) in [4.78, 5) is 12.1. The Kier molecular flexibility index (Phi) is 4.81. The van der Waals surface area contributed by atoms with Gasteiger partial charge in [-0.15, -0.1) is 0 Å². The normalized spacial score (nSPS) is 10.1. The van der Waals surface area contributed by atoms with Crippen LogP contribution in [0.25, 0.3) is 0 Å². The van der Waals surface area contributed by atoms with Crippen LogP contribution in [-0.2, 0) is 0 Å². The molecule has 0 aliphatic heterocycles. The minimum Gasteiger partial charge on any atom is -0.495 e. The molecule has 0 saturated heterocycles. The van der Waals surface area contributed by atoms with Crippen LogP contribution in [0.1, 0.15) is 10.4 Å². The summed E-state index contributed by atoms with van der Waals surface area (Å²) < 4.78 is 7.19. The monoisotopic (exact) mass is 431 g/mol. The Morgan fingerprint density at radius 3 is 2.53 bits per heavy atom. The van der Waals surface area contributed by atoms with Gasteiger partial charge in [0, 0.05) is 13.6 Å². The van der Waals surface area contributed by atoms with Crippen molar-refractivity contribution in [3.8, 4) is 5.75 Å². The van der Waals surface area contributed by atoms with Crippen LogP contribution >= 0.6 is 38.5 Å². The summed E-state index contributed by atoms with van der Waals surface area (Å²) in [5.74, 6) is 0.467. The van der Waals surface area contributed by atoms with Gasteiger partial charge in [-0.2, -0.15) is 0 Å². The van der Waals surface area contributed by atoms with Crippen LogP contribution in [0.5, 0.6) is 5.75 Å². The zero-order valence-corrected chi connectivity index (χ0v) is 13.9. The van der Waals surface area contributed by atoms with Crippen LogP contribution in [0.2, 0.25) is 0 Å². The Morgan fingerprint density at radius 2 is 1.89 bits per heavy atom. The molecule has 0 atom stereocenters. The number of amides is 1. The van der Waals surface area contributed by atoms with E-state index in [0.29, 0.717) is 17.0 Å². The number of hydrogen-bond acceptors (Lipinski definition) is 2. The molecule has 2 rings (SSSR count). The molecule has 19 heavy (non-hydrogen) atoms. The predicted molar refractivity (Wildman–Crippen MR) is 87.8 cm³/mol. The molecule has 1 N–H and O–H groups in total. The highest BCUT2D eigenvalue weighted by molar-refractivity contribution is 14.1. The first kappa shape index (κ1) is 14.3. The standard InChI is InChI=1S/C14H11BrINO2/c1-19-13-7-4-10(15)8-12(13)17-14(18)9-2-5-11(16)6-3-9/h2-8H,1H3,(H,17,18). The smallest absolute Gasteiger partial charge is 0.255 e. The van der Waals surface area contributed by atoms with Gasteiger partial charge in [0.15, 0.2) is 0 Å². The average Bonchev–Trinajstić information content (AvgIpc) is 2.39. The first-order valence-electron chi connectivity index (χ1n) is 5.50. The third kappa shape index (κ3) is 3.70. The Labute approximate surface area is 133 Å². The van der Waals surface area contributed by atoms with Gasteiger partial charge in [0.1, 0.15) is 5.75 Å². The van der Waals surface area contributed by atoms with Crippen molar-refractivity contribution in [2.24, 2.45) is 0 Å². The lowest BCUT2D eigenvalue weighted by molar-refractivity contribution is 0.102. The molecule has 0 aliphatic rings. The van der Waals surface area contributed by atoms with E-state index < -0.39 is 0 Å². The first-order chi connectivity index (χ1) is 9.10. The molecule has 0 radical (unpaired) electrons. The minimum absolute atomic E-state index is 0.159. The zero-order chi connectivity index (χ0) is 13.8. The van der Waals surface area contributed by atoms with Gasteiger partial charge in [0.25, 0.3) is 5.91 Å². The van der Waals surface area contributed by atoms with Gasteiger partial charge in [-0.1, -0.05) is 15.9 Å². The fraction of sp³-hybridized carbons (Fsp3) is 0.0714. The lowest BCUT2D eigenvalue weighted by Gasteiger charge is -2.10. The van der Waals surface area contributed by atoms with Crippen molar-refractivity contribution in [1.82, 2.24) is 0 Å². The molecule has 5 heteroatoms. The van der Waals surface area contributed by atoms with Gasteiger partial charge < -0.3 is 10.1 Å². The third-order valence-electron chi connectivity index (χ3n) is 2.52. The molecule has 0 heterocycles. The molecule has 0 aromatic heterocycles. The molecule has 2 aromatic rings. The first-order valence-corrected chi connectivity index (χ1v) is 7.38. The van der Waals surface area contributed by atoms with Crippen LogP contribution < -0.4 is 10.1 Å². The lowest BCUT2D eigenvalue weighted by atomic mass is 10.2. The van der Waals surface area contributed by atoms with E-state index in [1.165, 1.54) is 0 Å². The summed E-state index contributed by atoms with van der Waals surface area (Å²) in [7, 11) is 1.57. The Balaban J connectivity index is 2.23. The van der Waals surface area contributed by atoms with Gasteiger partial charge in [-0.05, 0) is 65.1 Å². The maximum absolute atomic E-state index is 12.1. The summed E-state index contributed by atoms with van der Waals surface area (Å²) in [6, 6.07) is 12.8. The van der Waals surface area contributed by atoms with Crippen molar-refractivity contribution in [1.29, 1.82) is 0 Å². The van der Waals surface area contributed by atoms with E-state index in [1.807, 2.05) is 24.3 Å². The Morgan fingerprint density at radius 1 is 1.21 bits per heavy atom. The minimum atomic E-state index is -0.159. The number of methoxy groups -OCH3 is 1. The van der Waals surface area contributed by atoms with Crippen molar-refractivity contribution >= 4 is 50.1 Å². The number of benzene rings is 2. The second kappa shape index (κ2) is 6.38. The number of nitrogens with one attached hydrogen (secondary N) is 1. The topological polar surface area (TPSA) is 38.3 Å². The molecular formula is C14H11BrINO2. The van der Waals surface area contributed by atoms with Crippen LogP contribution in [0.4, 0.5) is 5.69 Å². The molecule has 0 spiro atoms. The number of anilines is 1. The second-order valence-electron chi connectivity index (χ2n) is 3.81. The predicted octanol–water partition coefficient (Wildman–Crippen LogP) is 4.31. The summed E-state index contributed by atoms with van der Waals surface area (Å²) in [5, 5.41) is 2.84. The maximum Gasteiger partial charge on any atom is 0.255 e. The van der Waals surface area contributed by atoms with Crippen molar-refractivity contribution in [3.05, 3.63) is 56.1 Å². The van der Waals surface area contributed by atoms with Crippen molar-refractivity contribution in [2.75, 3.05) is 12.4 Å². The average molecular weight is 432 g/mol. The van der Waals surface area contributed by atoms with Crippen molar-refractivity contribution in [3.63, 3.8) is 0 Å². The van der Waals surface area contributed by atoms with Crippen LogP contribution in [0, 0.1) is 3.57 Å². The summed E-state index contributed by atoms with van der Waals surface area (Å²) in [6.45, 7) is 0. The van der Waals surface area contributed by atoms with E-state index in [9.17, 15) is 4.79 Å². The SMILES string of the molecule is COc1ccc(Br)cc1NC(=O)c1ccc(I)cc1. The molecule has 0 aliphatic carbocycles. The quantitative estimate of drug-likeness (QED) is 0.735. The fourth-order valence-electron chi connectivity index (χ4n) is 1.57. The molecule has 3 nitrogen and oxygen atoms in total. The highest BCUT2D eigenvalue weighted by Gasteiger charge is 2.10. The highest BCUT2D eigenvalue weighted by Crippen LogP contribution is 2.28. The molecule has 0 bridgehead atoms. The molecule has 0 fully saturated rings. The summed E-state index contributed by atoms with van der Waals surface area (Å²) >= 11 is 5.57. The molecular weight excluding hydrogens is 421 g/mol. The number of rotatable bonds is 3. The van der Waals surface area contributed by atoms with Gasteiger partial charge in [-0.25, -0.2) is 0 Å². The zero-order valence-electron chi connectivity index (χ0n) is 10.1. The molecule has 0 saturated carbocycles. The number of carbonyl (C=O) groups excluding carboxylic acids is 1. The molecule has 2 aromatic carbocycles. The van der Waals surface area contributed by atoms with E-state index in [2.05, 4.69) is 43.8 Å². The lowest BCUT2D eigenvalue weighted by Crippen LogP contribution is -2.12. The second-order valence-corrected chi connectivity index (χ2v) is 5.97. The van der Waals surface area contributed by atoms with Gasteiger partial charge in [0.05, 0.1) is 12.8 Å². The van der Waals surface area contributed by atoms with E-state index in [0.717, 1.165) is 8.04 Å². The molecule has 0 unspecified atom stereocenters. The maximum atomic E-state index is 12.1. The van der Waals surface area contributed by atoms with Gasteiger partial charge in [0.2, 0.25) is 0 Å². The fourth-order valence-corrected chi connectivity index (χ4v) is 2.29. The number of carbonyl (C=O) groups is 1. The molecule has 98 valence electrons. The highest BCUT2D eigenvalue weighted by atomic mass is 127. The van der Waals surface area contributed by atoms with Crippen molar-refractivity contribution in [2.45, 2.75) is 0 Å². The van der Waals surface area contributed by atoms with E-state index in [-0.39, 0.29) is 5.91 Å². The van der Waals surface area contributed by atoms with Gasteiger partial charge in [-0.3, -0.25) is 4.79 Å².